The molecule has 3 rings (SSSR count). The van der Waals surface area contributed by atoms with Crippen LogP contribution in [0.3, 0.4) is 0 Å². The van der Waals surface area contributed by atoms with Crippen LogP contribution in [0.2, 0.25) is 0 Å². The standard InChI is InChI=1S/C23H31N3O4/c1-4-29-21-11-10-18(16-22(21)30-5-2)24-23(27)17-25-12-14-26(15-13-25)19-8-6-7-9-20(19)28-3/h6-11,16H,4-5,12-15,17H2,1-3H3,(H,24,27)/p+1. The zero-order valence-corrected chi connectivity index (χ0v) is 18.1. The highest BCUT2D eigenvalue weighted by molar-refractivity contribution is 5.91. The van der Waals surface area contributed by atoms with E-state index in [1.165, 1.54) is 4.90 Å². The maximum atomic E-state index is 12.6. The minimum atomic E-state index is 0.00218. The molecule has 162 valence electrons. The van der Waals surface area contributed by atoms with Crippen molar-refractivity contribution in [2.45, 2.75) is 13.8 Å². The number of nitrogens with zero attached hydrogens (tertiary/aromatic N) is 1. The first kappa shape index (κ1) is 21.8. The number of nitrogens with one attached hydrogen (secondary N) is 2. The third-order valence-corrected chi connectivity index (χ3v) is 5.13. The van der Waals surface area contributed by atoms with E-state index in [4.69, 9.17) is 14.2 Å². The van der Waals surface area contributed by atoms with Crippen molar-refractivity contribution >= 4 is 17.3 Å². The lowest BCUT2D eigenvalue weighted by molar-refractivity contribution is -0.892. The Kier molecular flexibility index (Phi) is 7.79. The number of ether oxygens (including phenoxy) is 3. The number of para-hydroxylation sites is 2. The molecule has 1 amide bonds. The third kappa shape index (κ3) is 5.57. The second-order valence-corrected chi connectivity index (χ2v) is 7.16. The van der Waals surface area contributed by atoms with Crippen LogP contribution in [0.25, 0.3) is 0 Å². The van der Waals surface area contributed by atoms with E-state index >= 15 is 0 Å². The van der Waals surface area contributed by atoms with Gasteiger partial charge in [0.25, 0.3) is 5.91 Å². The number of methoxy groups -OCH3 is 1. The summed E-state index contributed by atoms with van der Waals surface area (Å²) in [5.41, 5.74) is 1.83. The van der Waals surface area contributed by atoms with Crippen molar-refractivity contribution in [1.82, 2.24) is 0 Å². The van der Waals surface area contributed by atoms with Gasteiger partial charge in [0, 0.05) is 11.8 Å². The summed E-state index contributed by atoms with van der Waals surface area (Å²) in [6, 6.07) is 13.6. The molecule has 0 saturated carbocycles. The molecule has 1 heterocycles. The van der Waals surface area contributed by atoms with Crippen LogP contribution in [0, 0.1) is 0 Å². The van der Waals surface area contributed by atoms with Gasteiger partial charge < -0.3 is 29.3 Å². The molecule has 1 aliphatic rings. The molecule has 1 saturated heterocycles. The average molecular weight is 415 g/mol. The molecule has 1 aliphatic heterocycles. The SMILES string of the molecule is CCOc1ccc(NC(=O)C[NH+]2CCN(c3ccccc3OC)CC2)cc1OCC. The summed E-state index contributed by atoms with van der Waals surface area (Å²) in [7, 11) is 1.70. The maximum absolute atomic E-state index is 12.6. The Bertz CT molecular complexity index is 835. The molecule has 2 N–H and O–H groups in total. The predicted octanol–water partition coefficient (Wildman–Crippen LogP) is 1.84. The van der Waals surface area contributed by atoms with Crippen LogP contribution in [0.15, 0.2) is 42.5 Å². The highest BCUT2D eigenvalue weighted by Gasteiger charge is 2.24. The number of anilines is 2. The highest BCUT2D eigenvalue weighted by atomic mass is 16.5. The second kappa shape index (κ2) is 10.7. The molecule has 1 fully saturated rings. The number of quaternary nitrogens is 1. The van der Waals surface area contributed by atoms with Gasteiger partial charge >= 0.3 is 0 Å². The summed E-state index contributed by atoms with van der Waals surface area (Å²) < 4.78 is 16.7. The van der Waals surface area contributed by atoms with E-state index in [1.54, 1.807) is 7.11 Å². The molecule has 0 aliphatic carbocycles. The van der Waals surface area contributed by atoms with Gasteiger partial charge in [0.05, 0.1) is 52.2 Å². The Labute approximate surface area is 178 Å². The van der Waals surface area contributed by atoms with Crippen LogP contribution in [-0.4, -0.2) is 59.0 Å². The molecular formula is C23H32N3O4+. The van der Waals surface area contributed by atoms with Gasteiger partial charge in [-0.05, 0) is 38.1 Å². The van der Waals surface area contributed by atoms with Gasteiger partial charge in [0.1, 0.15) is 5.75 Å². The van der Waals surface area contributed by atoms with E-state index in [0.717, 1.165) is 43.3 Å². The van der Waals surface area contributed by atoms with Gasteiger partial charge in [-0.25, -0.2) is 0 Å². The lowest BCUT2D eigenvalue weighted by Crippen LogP contribution is -3.15. The number of piperazine rings is 1. The average Bonchev–Trinajstić information content (AvgIpc) is 2.76. The molecule has 7 heteroatoms. The summed E-state index contributed by atoms with van der Waals surface area (Å²) in [6.45, 7) is 8.99. The summed E-state index contributed by atoms with van der Waals surface area (Å²) in [6.07, 6.45) is 0. The van der Waals surface area contributed by atoms with Crippen molar-refractivity contribution in [1.29, 1.82) is 0 Å². The molecular weight excluding hydrogens is 382 g/mol. The molecule has 0 bridgehead atoms. The normalized spacial score (nSPS) is 14.3. The van der Waals surface area contributed by atoms with E-state index in [0.29, 0.717) is 31.3 Å². The van der Waals surface area contributed by atoms with Gasteiger partial charge in [-0.3, -0.25) is 4.79 Å². The number of carbonyl (C=O) groups excluding carboxylic acids is 1. The number of carbonyl (C=O) groups is 1. The quantitative estimate of drug-likeness (QED) is 0.656. The van der Waals surface area contributed by atoms with Gasteiger partial charge in [-0.1, -0.05) is 12.1 Å². The van der Waals surface area contributed by atoms with E-state index < -0.39 is 0 Å². The van der Waals surface area contributed by atoms with Crippen LogP contribution < -0.4 is 29.3 Å². The Hall–Kier alpha value is -2.93. The highest BCUT2D eigenvalue weighted by Crippen LogP contribution is 2.30. The first-order valence-corrected chi connectivity index (χ1v) is 10.6. The summed E-state index contributed by atoms with van der Waals surface area (Å²) in [5.74, 6) is 2.23. The van der Waals surface area contributed by atoms with Gasteiger partial charge in [-0.2, -0.15) is 0 Å². The van der Waals surface area contributed by atoms with Gasteiger partial charge in [-0.15, -0.1) is 0 Å². The van der Waals surface area contributed by atoms with Crippen LogP contribution in [0.5, 0.6) is 17.2 Å². The Morgan fingerprint density at radius 3 is 2.40 bits per heavy atom. The molecule has 30 heavy (non-hydrogen) atoms. The fourth-order valence-corrected chi connectivity index (χ4v) is 3.69. The summed E-state index contributed by atoms with van der Waals surface area (Å²) in [4.78, 5) is 16.2. The van der Waals surface area contributed by atoms with Gasteiger partial charge in [0.15, 0.2) is 18.0 Å². The van der Waals surface area contributed by atoms with E-state index in [-0.39, 0.29) is 5.91 Å². The number of benzene rings is 2. The summed E-state index contributed by atoms with van der Waals surface area (Å²) >= 11 is 0. The van der Waals surface area contributed by atoms with Crippen LogP contribution >= 0.6 is 0 Å². The molecule has 7 nitrogen and oxygen atoms in total. The molecule has 0 radical (unpaired) electrons. The molecule has 0 atom stereocenters. The van der Waals surface area contributed by atoms with Crippen molar-refractivity contribution in [3.05, 3.63) is 42.5 Å². The van der Waals surface area contributed by atoms with Crippen LogP contribution in [0.1, 0.15) is 13.8 Å². The molecule has 0 unspecified atom stereocenters. The predicted molar refractivity (Wildman–Crippen MR) is 118 cm³/mol. The monoisotopic (exact) mass is 414 g/mol. The Morgan fingerprint density at radius 1 is 1.00 bits per heavy atom. The van der Waals surface area contributed by atoms with E-state index in [1.807, 2.05) is 50.2 Å². The molecule has 0 aromatic heterocycles. The number of amides is 1. The number of rotatable bonds is 9. The Balaban J connectivity index is 1.53. The Morgan fingerprint density at radius 2 is 1.70 bits per heavy atom. The third-order valence-electron chi connectivity index (χ3n) is 5.13. The van der Waals surface area contributed by atoms with Crippen LogP contribution in [0.4, 0.5) is 11.4 Å². The minimum absolute atomic E-state index is 0.00218. The molecule has 2 aromatic carbocycles. The first-order valence-electron chi connectivity index (χ1n) is 10.6. The van der Waals surface area contributed by atoms with Gasteiger partial charge in [0.2, 0.25) is 0 Å². The smallest absolute Gasteiger partial charge is 0.279 e. The van der Waals surface area contributed by atoms with Crippen molar-refractivity contribution < 1.29 is 23.9 Å². The van der Waals surface area contributed by atoms with E-state index in [9.17, 15) is 4.79 Å². The van der Waals surface area contributed by atoms with Crippen molar-refractivity contribution in [2.75, 3.05) is 63.3 Å². The van der Waals surface area contributed by atoms with Crippen molar-refractivity contribution in [2.24, 2.45) is 0 Å². The first-order chi connectivity index (χ1) is 14.6. The topological polar surface area (TPSA) is 64.5 Å². The maximum Gasteiger partial charge on any atom is 0.279 e. The zero-order valence-electron chi connectivity index (χ0n) is 18.1. The second-order valence-electron chi connectivity index (χ2n) is 7.16. The van der Waals surface area contributed by atoms with Crippen LogP contribution in [-0.2, 0) is 4.79 Å². The largest absolute Gasteiger partial charge is 0.495 e. The number of hydrogen-bond donors (Lipinski definition) is 2. The molecule has 2 aromatic rings. The fraction of sp³-hybridized carbons (Fsp3) is 0.435. The zero-order chi connectivity index (χ0) is 21.3. The fourth-order valence-electron chi connectivity index (χ4n) is 3.69. The lowest BCUT2D eigenvalue weighted by Gasteiger charge is -2.34. The lowest BCUT2D eigenvalue weighted by atomic mass is 10.2. The molecule has 0 spiro atoms. The van der Waals surface area contributed by atoms with Crippen molar-refractivity contribution in [3.8, 4) is 17.2 Å². The van der Waals surface area contributed by atoms with E-state index in [2.05, 4.69) is 16.3 Å². The minimum Gasteiger partial charge on any atom is -0.495 e. The summed E-state index contributed by atoms with van der Waals surface area (Å²) in [5, 5.41) is 2.99. The van der Waals surface area contributed by atoms with Crippen molar-refractivity contribution in [3.63, 3.8) is 0 Å². The number of hydrogen-bond acceptors (Lipinski definition) is 5.